The maximum atomic E-state index is 12.3. The molecular formula is C24H22ClN5O4S. The first-order valence-electron chi connectivity index (χ1n) is 10.6. The predicted octanol–water partition coefficient (Wildman–Crippen LogP) is 3.87. The van der Waals surface area contributed by atoms with Crippen LogP contribution in [0.3, 0.4) is 0 Å². The van der Waals surface area contributed by atoms with E-state index < -0.39 is 11.8 Å². The van der Waals surface area contributed by atoms with Crippen LogP contribution in [-0.2, 0) is 16.1 Å². The lowest BCUT2D eigenvalue weighted by Gasteiger charge is -2.11. The van der Waals surface area contributed by atoms with Crippen molar-refractivity contribution in [3.8, 4) is 17.1 Å². The second-order valence-electron chi connectivity index (χ2n) is 7.40. The fourth-order valence-electron chi connectivity index (χ4n) is 3.14. The Labute approximate surface area is 210 Å². The quantitative estimate of drug-likeness (QED) is 0.259. The highest BCUT2D eigenvalue weighted by Gasteiger charge is 2.19. The Balaban J connectivity index is 1.34. The molecule has 0 saturated heterocycles. The molecule has 11 heteroatoms. The maximum absolute atomic E-state index is 12.3. The zero-order chi connectivity index (χ0) is 24.6. The Hall–Kier alpha value is -3.76. The van der Waals surface area contributed by atoms with Gasteiger partial charge in [0.1, 0.15) is 11.5 Å². The van der Waals surface area contributed by atoms with Crippen molar-refractivity contribution in [2.24, 2.45) is 0 Å². The fourth-order valence-corrected chi connectivity index (χ4v) is 4.01. The predicted molar refractivity (Wildman–Crippen MR) is 132 cm³/mol. The molecule has 2 amide bonds. The number of hydrogen-bond donors (Lipinski definition) is 2. The molecule has 0 unspecified atom stereocenters. The van der Waals surface area contributed by atoms with Gasteiger partial charge in [-0.3, -0.25) is 25.0 Å². The number of ether oxygens (including phenoxy) is 1. The summed E-state index contributed by atoms with van der Waals surface area (Å²) >= 11 is 7.03. The van der Waals surface area contributed by atoms with Gasteiger partial charge in [-0.1, -0.05) is 53.7 Å². The fraction of sp³-hybridized carbons (Fsp3) is 0.167. The molecule has 0 fully saturated rings. The van der Waals surface area contributed by atoms with Crippen molar-refractivity contribution in [3.05, 3.63) is 83.3 Å². The first-order chi connectivity index (χ1) is 17.0. The summed E-state index contributed by atoms with van der Waals surface area (Å²) in [6, 6.07) is 18.3. The third-order valence-corrected chi connectivity index (χ3v) is 6.08. The number of nitrogens with one attached hydrogen (secondary N) is 2. The SMILES string of the molecule is Cc1occc1-c1nnc(SCC(=O)NNC(=O)COc2ccc(Cl)cc2)n1Cc1ccccc1. The Morgan fingerprint density at radius 3 is 2.49 bits per heavy atom. The van der Waals surface area contributed by atoms with E-state index in [-0.39, 0.29) is 12.4 Å². The Morgan fingerprint density at radius 1 is 1.03 bits per heavy atom. The molecule has 2 heterocycles. The first kappa shape index (κ1) is 24.4. The zero-order valence-electron chi connectivity index (χ0n) is 18.7. The van der Waals surface area contributed by atoms with Gasteiger partial charge in [0.15, 0.2) is 17.6 Å². The van der Waals surface area contributed by atoms with Crippen molar-refractivity contribution in [2.75, 3.05) is 12.4 Å². The van der Waals surface area contributed by atoms with Gasteiger partial charge in [-0.2, -0.15) is 0 Å². The summed E-state index contributed by atoms with van der Waals surface area (Å²) in [5, 5.41) is 9.75. The van der Waals surface area contributed by atoms with E-state index in [0.717, 1.165) is 16.9 Å². The minimum atomic E-state index is -0.497. The van der Waals surface area contributed by atoms with Crippen molar-refractivity contribution < 1.29 is 18.7 Å². The third kappa shape index (κ3) is 6.65. The molecular weight excluding hydrogens is 490 g/mol. The molecule has 0 aliphatic heterocycles. The number of amides is 2. The van der Waals surface area contributed by atoms with Crippen LogP contribution >= 0.6 is 23.4 Å². The van der Waals surface area contributed by atoms with Crippen molar-refractivity contribution in [1.29, 1.82) is 0 Å². The number of hydrazine groups is 1. The van der Waals surface area contributed by atoms with E-state index in [2.05, 4.69) is 21.0 Å². The number of hydrogen-bond acceptors (Lipinski definition) is 7. The highest BCUT2D eigenvalue weighted by Crippen LogP contribution is 2.28. The molecule has 0 aliphatic carbocycles. The number of rotatable bonds is 9. The first-order valence-corrected chi connectivity index (χ1v) is 12.0. The maximum Gasteiger partial charge on any atom is 0.276 e. The van der Waals surface area contributed by atoms with Gasteiger partial charge in [0.25, 0.3) is 5.91 Å². The summed E-state index contributed by atoms with van der Waals surface area (Å²) in [4.78, 5) is 24.3. The van der Waals surface area contributed by atoms with E-state index in [4.69, 9.17) is 20.8 Å². The lowest BCUT2D eigenvalue weighted by molar-refractivity contribution is -0.128. The normalized spacial score (nSPS) is 10.7. The van der Waals surface area contributed by atoms with Crippen LogP contribution in [-0.4, -0.2) is 38.9 Å². The Bertz CT molecular complexity index is 1290. The summed E-state index contributed by atoms with van der Waals surface area (Å²) in [6.45, 7) is 2.13. The van der Waals surface area contributed by atoms with Gasteiger partial charge in [-0.05, 0) is 42.8 Å². The van der Waals surface area contributed by atoms with Crippen LogP contribution in [0.2, 0.25) is 5.02 Å². The molecule has 0 spiro atoms. The van der Waals surface area contributed by atoms with E-state index in [1.807, 2.05) is 47.9 Å². The van der Waals surface area contributed by atoms with E-state index in [9.17, 15) is 9.59 Å². The van der Waals surface area contributed by atoms with E-state index >= 15 is 0 Å². The molecule has 2 aromatic carbocycles. The van der Waals surface area contributed by atoms with Gasteiger partial charge >= 0.3 is 0 Å². The van der Waals surface area contributed by atoms with E-state index in [0.29, 0.717) is 28.3 Å². The molecule has 0 aliphatic rings. The van der Waals surface area contributed by atoms with Crippen LogP contribution < -0.4 is 15.6 Å². The minimum Gasteiger partial charge on any atom is -0.484 e. The van der Waals surface area contributed by atoms with Crippen LogP contribution in [0.15, 0.2) is 76.5 Å². The van der Waals surface area contributed by atoms with Crippen molar-refractivity contribution in [2.45, 2.75) is 18.6 Å². The molecule has 0 saturated carbocycles. The summed E-state index contributed by atoms with van der Waals surface area (Å²) in [5.41, 5.74) is 6.60. The number of carbonyl (C=O) groups excluding carboxylic acids is 2. The molecule has 0 radical (unpaired) electrons. The van der Waals surface area contributed by atoms with Gasteiger partial charge < -0.3 is 9.15 Å². The van der Waals surface area contributed by atoms with Crippen LogP contribution in [0.1, 0.15) is 11.3 Å². The highest BCUT2D eigenvalue weighted by molar-refractivity contribution is 7.99. The number of aromatic nitrogens is 3. The number of halogens is 1. The molecule has 4 rings (SSSR count). The molecule has 180 valence electrons. The zero-order valence-corrected chi connectivity index (χ0v) is 20.3. The third-order valence-electron chi connectivity index (χ3n) is 4.86. The highest BCUT2D eigenvalue weighted by atomic mass is 35.5. The number of furan rings is 1. The lowest BCUT2D eigenvalue weighted by atomic mass is 10.2. The second kappa shape index (κ2) is 11.6. The minimum absolute atomic E-state index is 0.0234. The van der Waals surface area contributed by atoms with E-state index in [1.54, 1.807) is 30.5 Å². The number of aryl methyl sites for hydroxylation is 1. The van der Waals surface area contributed by atoms with Crippen LogP contribution in [0.5, 0.6) is 5.75 Å². The molecule has 2 N–H and O–H groups in total. The number of thioether (sulfide) groups is 1. The summed E-state index contributed by atoms with van der Waals surface area (Å²) < 4.78 is 12.7. The number of nitrogens with zero attached hydrogens (tertiary/aromatic N) is 3. The smallest absolute Gasteiger partial charge is 0.276 e. The van der Waals surface area contributed by atoms with Gasteiger partial charge in [-0.15, -0.1) is 10.2 Å². The molecule has 35 heavy (non-hydrogen) atoms. The van der Waals surface area contributed by atoms with Gasteiger partial charge in [0.05, 0.1) is 24.1 Å². The second-order valence-corrected chi connectivity index (χ2v) is 8.77. The van der Waals surface area contributed by atoms with Crippen LogP contribution in [0.25, 0.3) is 11.4 Å². The van der Waals surface area contributed by atoms with Gasteiger partial charge in [0.2, 0.25) is 5.91 Å². The molecule has 0 atom stereocenters. The van der Waals surface area contributed by atoms with Crippen molar-refractivity contribution in [3.63, 3.8) is 0 Å². The summed E-state index contributed by atoms with van der Waals surface area (Å²) in [5.74, 6) is 0.997. The number of benzene rings is 2. The van der Waals surface area contributed by atoms with Gasteiger partial charge in [-0.25, -0.2) is 0 Å². The van der Waals surface area contributed by atoms with Crippen LogP contribution in [0, 0.1) is 6.92 Å². The van der Waals surface area contributed by atoms with Crippen molar-refractivity contribution >= 4 is 35.2 Å². The van der Waals surface area contributed by atoms with Gasteiger partial charge in [0, 0.05) is 5.02 Å². The van der Waals surface area contributed by atoms with E-state index in [1.165, 1.54) is 11.8 Å². The number of carbonyl (C=O) groups is 2. The topological polar surface area (TPSA) is 111 Å². The molecule has 9 nitrogen and oxygen atoms in total. The lowest BCUT2D eigenvalue weighted by Crippen LogP contribution is -2.44. The Morgan fingerprint density at radius 2 is 1.77 bits per heavy atom. The average Bonchev–Trinajstić information content (AvgIpc) is 3.47. The van der Waals surface area contributed by atoms with Crippen LogP contribution in [0.4, 0.5) is 0 Å². The molecule has 0 bridgehead atoms. The van der Waals surface area contributed by atoms with Crippen molar-refractivity contribution in [1.82, 2.24) is 25.6 Å². The monoisotopic (exact) mass is 511 g/mol. The summed E-state index contributed by atoms with van der Waals surface area (Å²) in [7, 11) is 0. The largest absolute Gasteiger partial charge is 0.484 e. The molecule has 2 aromatic heterocycles. The molecule has 4 aromatic rings. The standard InChI is InChI=1S/C24H22ClN5O4S/c1-16-20(11-12-33-16)23-28-29-24(30(23)13-17-5-3-2-4-6-17)35-15-22(32)27-26-21(31)14-34-19-9-7-18(25)8-10-19/h2-12H,13-15H2,1H3,(H,26,31)(H,27,32). The Kier molecular flexibility index (Phi) is 8.07. The average molecular weight is 512 g/mol. The summed E-state index contributed by atoms with van der Waals surface area (Å²) in [6.07, 6.45) is 1.60.